The fourth-order valence-electron chi connectivity index (χ4n) is 3.21. The molecule has 160 valence electrons. The van der Waals surface area contributed by atoms with E-state index in [1.165, 1.54) is 6.20 Å². The number of aromatic hydroxyl groups is 1. The van der Waals surface area contributed by atoms with E-state index >= 15 is 0 Å². The zero-order chi connectivity index (χ0) is 21.8. The number of piperidine rings is 1. The zero-order valence-electron chi connectivity index (χ0n) is 17.5. The van der Waals surface area contributed by atoms with Gasteiger partial charge in [-0.15, -0.1) is 0 Å². The average molecular weight is 440 g/mol. The van der Waals surface area contributed by atoms with Crippen LogP contribution in [0, 0.1) is 13.8 Å². The molecule has 9 heteroatoms. The van der Waals surface area contributed by atoms with E-state index in [0.717, 1.165) is 30.0 Å². The number of aryl methyl sites for hydroxylation is 2. The number of carbonyl (C=O) groups excluding carboxylic acids is 1. The van der Waals surface area contributed by atoms with Crippen molar-refractivity contribution in [3.63, 3.8) is 0 Å². The number of amides is 1. The average Bonchev–Trinajstić information content (AvgIpc) is 3.16. The largest absolute Gasteiger partial charge is 0.507 e. The first kappa shape index (κ1) is 23.3. The summed E-state index contributed by atoms with van der Waals surface area (Å²) in [4.78, 5) is 18.6. The van der Waals surface area contributed by atoms with E-state index in [0.29, 0.717) is 18.4 Å². The van der Waals surface area contributed by atoms with Gasteiger partial charge in [0.25, 0.3) is 5.91 Å². The molecule has 0 unspecified atom stereocenters. The van der Waals surface area contributed by atoms with Crippen molar-refractivity contribution >= 4 is 32.2 Å². The SMILES string of the molecule is CC.Cc1cc(C)c(O)c(C(=O)Nc2ncc(S(=O)(=O)C3CCN(C)CC3)s2)c1. The van der Waals surface area contributed by atoms with Gasteiger partial charge in [0.2, 0.25) is 0 Å². The lowest BCUT2D eigenvalue weighted by molar-refractivity contribution is 0.102. The van der Waals surface area contributed by atoms with Crippen molar-refractivity contribution < 1.29 is 18.3 Å². The third kappa shape index (κ3) is 5.34. The van der Waals surface area contributed by atoms with Crippen molar-refractivity contribution in [2.75, 3.05) is 25.5 Å². The topological polar surface area (TPSA) is 99.6 Å². The first-order valence-corrected chi connectivity index (χ1v) is 12.0. The quantitative estimate of drug-likeness (QED) is 0.755. The number of phenols is 1. The summed E-state index contributed by atoms with van der Waals surface area (Å²) in [6.07, 6.45) is 2.49. The van der Waals surface area contributed by atoms with E-state index in [1.807, 2.05) is 27.8 Å². The summed E-state index contributed by atoms with van der Waals surface area (Å²) >= 11 is 0.945. The van der Waals surface area contributed by atoms with E-state index in [1.54, 1.807) is 19.1 Å². The molecule has 1 aliphatic heterocycles. The van der Waals surface area contributed by atoms with Crippen LogP contribution in [0.15, 0.2) is 22.5 Å². The lowest BCUT2D eigenvalue weighted by Gasteiger charge is -2.28. The molecule has 0 spiro atoms. The van der Waals surface area contributed by atoms with Crippen LogP contribution >= 0.6 is 11.3 Å². The molecule has 2 aromatic rings. The second kappa shape index (κ2) is 9.69. The minimum Gasteiger partial charge on any atom is -0.507 e. The molecule has 2 heterocycles. The highest BCUT2D eigenvalue weighted by Crippen LogP contribution is 2.31. The number of hydrogen-bond donors (Lipinski definition) is 2. The minimum absolute atomic E-state index is 0.0890. The molecule has 0 atom stereocenters. The maximum absolute atomic E-state index is 12.8. The Morgan fingerprint density at radius 3 is 2.48 bits per heavy atom. The molecular weight excluding hydrogens is 410 g/mol. The molecule has 7 nitrogen and oxygen atoms in total. The number of hydrogen-bond acceptors (Lipinski definition) is 7. The summed E-state index contributed by atoms with van der Waals surface area (Å²) in [6, 6.07) is 3.36. The van der Waals surface area contributed by atoms with Crippen LogP contribution in [0.5, 0.6) is 5.75 Å². The summed E-state index contributed by atoms with van der Waals surface area (Å²) < 4.78 is 25.8. The highest BCUT2D eigenvalue weighted by molar-refractivity contribution is 7.94. The lowest BCUT2D eigenvalue weighted by Crippen LogP contribution is -2.36. The van der Waals surface area contributed by atoms with Gasteiger partial charge < -0.3 is 10.0 Å². The maximum atomic E-state index is 12.8. The lowest BCUT2D eigenvalue weighted by atomic mass is 10.1. The second-order valence-electron chi connectivity index (χ2n) is 6.96. The van der Waals surface area contributed by atoms with Gasteiger partial charge in [-0.25, -0.2) is 13.4 Å². The van der Waals surface area contributed by atoms with Crippen molar-refractivity contribution in [2.45, 2.75) is 50.0 Å². The van der Waals surface area contributed by atoms with Crippen LogP contribution in [-0.4, -0.2) is 54.7 Å². The molecule has 1 aromatic heterocycles. The number of likely N-dealkylation sites (tertiary alicyclic amines) is 1. The van der Waals surface area contributed by atoms with Crippen LogP contribution in [-0.2, 0) is 9.84 Å². The number of anilines is 1. The van der Waals surface area contributed by atoms with E-state index < -0.39 is 21.0 Å². The molecule has 3 rings (SSSR count). The number of rotatable bonds is 4. The number of aromatic nitrogens is 1. The number of nitrogens with zero attached hydrogens (tertiary/aromatic N) is 2. The second-order valence-corrected chi connectivity index (χ2v) is 10.4. The molecule has 1 saturated heterocycles. The van der Waals surface area contributed by atoms with Gasteiger partial charge in [0, 0.05) is 0 Å². The number of carbonyl (C=O) groups is 1. The number of thiazole rings is 1. The van der Waals surface area contributed by atoms with Crippen LogP contribution in [0.25, 0.3) is 0 Å². The predicted molar refractivity (Wildman–Crippen MR) is 117 cm³/mol. The summed E-state index contributed by atoms with van der Waals surface area (Å²) in [5, 5.41) is 12.5. The first-order valence-electron chi connectivity index (χ1n) is 9.68. The Morgan fingerprint density at radius 1 is 1.24 bits per heavy atom. The van der Waals surface area contributed by atoms with Crippen LogP contribution < -0.4 is 5.32 Å². The molecule has 0 aliphatic carbocycles. The molecule has 1 fully saturated rings. The Morgan fingerprint density at radius 2 is 1.86 bits per heavy atom. The van der Waals surface area contributed by atoms with Crippen LogP contribution in [0.2, 0.25) is 0 Å². The molecule has 29 heavy (non-hydrogen) atoms. The monoisotopic (exact) mass is 439 g/mol. The van der Waals surface area contributed by atoms with Gasteiger partial charge in [-0.3, -0.25) is 10.1 Å². The van der Waals surface area contributed by atoms with Crippen LogP contribution in [0.1, 0.15) is 48.2 Å². The van der Waals surface area contributed by atoms with E-state index in [2.05, 4.69) is 15.2 Å². The van der Waals surface area contributed by atoms with E-state index in [-0.39, 0.29) is 20.7 Å². The minimum atomic E-state index is -3.46. The highest BCUT2D eigenvalue weighted by Gasteiger charge is 2.32. The Bertz CT molecular complexity index is 962. The molecular formula is C20H29N3O4S2. The van der Waals surface area contributed by atoms with Crippen LogP contribution in [0.4, 0.5) is 5.13 Å². The molecule has 1 amide bonds. The van der Waals surface area contributed by atoms with Crippen molar-refractivity contribution in [1.29, 1.82) is 0 Å². The molecule has 1 aliphatic rings. The van der Waals surface area contributed by atoms with Crippen molar-refractivity contribution in [3.05, 3.63) is 35.0 Å². The van der Waals surface area contributed by atoms with E-state index in [4.69, 9.17) is 0 Å². The number of nitrogens with one attached hydrogen (secondary N) is 1. The highest BCUT2D eigenvalue weighted by atomic mass is 32.2. The van der Waals surface area contributed by atoms with Crippen molar-refractivity contribution in [1.82, 2.24) is 9.88 Å². The number of sulfone groups is 1. The van der Waals surface area contributed by atoms with Gasteiger partial charge in [-0.2, -0.15) is 0 Å². The molecule has 0 radical (unpaired) electrons. The molecule has 0 saturated carbocycles. The summed E-state index contributed by atoms with van der Waals surface area (Å²) in [6.45, 7) is 9.05. The third-order valence-electron chi connectivity index (χ3n) is 4.78. The normalized spacial score (nSPS) is 15.5. The standard InChI is InChI=1S/C18H23N3O4S2.C2H6/c1-11-8-12(2)16(22)14(9-11)17(23)20-18-19-10-15(26-18)27(24,25)13-4-6-21(3)7-5-13;1-2/h8-10,13,22H,4-7H2,1-3H3,(H,19,20,23);1-2H3. The number of benzene rings is 1. The Balaban J connectivity index is 0.00000145. The Labute approximate surface area is 176 Å². The smallest absolute Gasteiger partial charge is 0.261 e. The van der Waals surface area contributed by atoms with Crippen LogP contribution in [0.3, 0.4) is 0 Å². The summed E-state index contributed by atoms with van der Waals surface area (Å²) in [7, 11) is -1.48. The Hall–Kier alpha value is -1.97. The first-order chi connectivity index (χ1) is 13.7. The number of phenolic OH excluding ortho intramolecular Hbond substituents is 1. The molecule has 1 aromatic carbocycles. The summed E-state index contributed by atoms with van der Waals surface area (Å²) in [5.74, 6) is -0.606. The van der Waals surface area contributed by atoms with Gasteiger partial charge in [-0.05, 0) is 64.0 Å². The van der Waals surface area contributed by atoms with E-state index in [9.17, 15) is 18.3 Å². The zero-order valence-corrected chi connectivity index (χ0v) is 19.2. The van der Waals surface area contributed by atoms with Gasteiger partial charge in [0.05, 0.1) is 17.0 Å². The fourth-order valence-corrected chi connectivity index (χ4v) is 6.22. The van der Waals surface area contributed by atoms with Crippen molar-refractivity contribution in [3.8, 4) is 5.75 Å². The fraction of sp³-hybridized carbons (Fsp3) is 0.500. The van der Waals surface area contributed by atoms with Gasteiger partial charge >= 0.3 is 0 Å². The summed E-state index contributed by atoms with van der Waals surface area (Å²) in [5.41, 5.74) is 1.59. The Kier molecular flexibility index (Phi) is 7.79. The molecule has 2 N–H and O–H groups in total. The maximum Gasteiger partial charge on any atom is 0.261 e. The predicted octanol–water partition coefficient (Wildman–Crippen LogP) is 3.61. The van der Waals surface area contributed by atoms with Gasteiger partial charge in [0.1, 0.15) is 9.96 Å². The van der Waals surface area contributed by atoms with Gasteiger partial charge in [0.15, 0.2) is 15.0 Å². The van der Waals surface area contributed by atoms with Gasteiger partial charge in [-0.1, -0.05) is 31.3 Å². The molecule has 0 bridgehead atoms. The van der Waals surface area contributed by atoms with Crippen molar-refractivity contribution in [2.24, 2.45) is 0 Å². The third-order valence-corrected chi connectivity index (χ3v) is 8.45.